The van der Waals surface area contributed by atoms with Gasteiger partial charge in [-0.3, -0.25) is 4.90 Å². The molecule has 1 saturated carbocycles. The fourth-order valence-electron chi connectivity index (χ4n) is 2.82. The quantitative estimate of drug-likeness (QED) is 0.895. The molecule has 2 nitrogen and oxygen atoms in total. The molecule has 0 saturated heterocycles. The predicted octanol–water partition coefficient (Wildman–Crippen LogP) is 2.84. The molecule has 0 amide bonds. The second-order valence-electron chi connectivity index (χ2n) is 5.03. The molecule has 1 aliphatic carbocycles. The van der Waals surface area contributed by atoms with Crippen molar-refractivity contribution in [2.24, 2.45) is 5.73 Å². The summed E-state index contributed by atoms with van der Waals surface area (Å²) in [5, 5.41) is 0. The van der Waals surface area contributed by atoms with Crippen molar-refractivity contribution in [1.82, 2.24) is 4.90 Å². The van der Waals surface area contributed by atoms with E-state index in [1.165, 1.54) is 25.0 Å². The Balaban J connectivity index is 2.18. The maximum Gasteiger partial charge on any atom is 0.159 e. The first-order valence-corrected chi connectivity index (χ1v) is 6.50. The van der Waals surface area contributed by atoms with E-state index in [1.54, 1.807) is 6.07 Å². The van der Waals surface area contributed by atoms with Gasteiger partial charge in [0.25, 0.3) is 0 Å². The van der Waals surface area contributed by atoms with Crippen LogP contribution in [0, 0.1) is 11.6 Å². The maximum atomic E-state index is 13.3. The lowest BCUT2D eigenvalue weighted by molar-refractivity contribution is 0.179. The first kappa shape index (κ1) is 13.4. The van der Waals surface area contributed by atoms with Gasteiger partial charge in [0.2, 0.25) is 0 Å². The molecule has 2 rings (SSSR count). The van der Waals surface area contributed by atoms with Gasteiger partial charge in [-0.15, -0.1) is 0 Å². The summed E-state index contributed by atoms with van der Waals surface area (Å²) >= 11 is 0. The smallest absolute Gasteiger partial charge is 0.159 e. The van der Waals surface area contributed by atoms with Gasteiger partial charge in [0.05, 0.1) is 0 Å². The van der Waals surface area contributed by atoms with Crippen LogP contribution in [0.1, 0.15) is 37.3 Å². The van der Waals surface area contributed by atoms with Crippen LogP contribution in [0.15, 0.2) is 18.2 Å². The highest BCUT2D eigenvalue weighted by Gasteiger charge is 2.26. The van der Waals surface area contributed by atoms with Gasteiger partial charge >= 0.3 is 0 Å². The minimum atomic E-state index is -0.807. The fourth-order valence-corrected chi connectivity index (χ4v) is 2.82. The molecule has 2 N–H and O–H groups in total. The monoisotopic (exact) mass is 254 g/mol. The standard InChI is InChI=1S/C14H20F2N2/c1-18(11-4-2-3-5-11)14(9-17)10-6-7-12(15)13(16)8-10/h6-8,11,14H,2-5,9,17H2,1H3. The van der Waals surface area contributed by atoms with Crippen LogP contribution in [0.2, 0.25) is 0 Å². The van der Waals surface area contributed by atoms with Crippen LogP contribution < -0.4 is 5.73 Å². The maximum absolute atomic E-state index is 13.3. The van der Waals surface area contributed by atoms with Crippen LogP contribution in [-0.4, -0.2) is 24.5 Å². The number of hydrogen-bond acceptors (Lipinski definition) is 2. The molecule has 18 heavy (non-hydrogen) atoms. The average molecular weight is 254 g/mol. The topological polar surface area (TPSA) is 29.3 Å². The zero-order valence-electron chi connectivity index (χ0n) is 10.7. The number of benzene rings is 1. The summed E-state index contributed by atoms with van der Waals surface area (Å²) < 4.78 is 26.2. The first-order chi connectivity index (χ1) is 8.63. The van der Waals surface area contributed by atoms with Crippen LogP contribution in [-0.2, 0) is 0 Å². The summed E-state index contributed by atoms with van der Waals surface area (Å²) in [4.78, 5) is 2.21. The third-order valence-corrected chi connectivity index (χ3v) is 3.94. The molecule has 0 aromatic heterocycles. The Morgan fingerprint density at radius 1 is 1.28 bits per heavy atom. The third kappa shape index (κ3) is 2.70. The van der Waals surface area contributed by atoms with Crippen molar-refractivity contribution in [2.75, 3.05) is 13.6 Å². The van der Waals surface area contributed by atoms with E-state index in [-0.39, 0.29) is 6.04 Å². The lowest BCUT2D eigenvalue weighted by atomic mass is 10.0. The summed E-state index contributed by atoms with van der Waals surface area (Å²) in [6.45, 7) is 0.415. The number of likely N-dealkylation sites (N-methyl/N-ethyl adjacent to an activating group) is 1. The van der Waals surface area contributed by atoms with Gasteiger partial charge in [0, 0.05) is 18.6 Å². The molecule has 0 spiro atoms. The first-order valence-electron chi connectivity index (χ1n) is 6.50. The third-order valence-electron chi connectivity index (χ3n) is 3.94. The molecule has 0 bridgehead atoms. The molecule has 0 heterocycles. The van der Waals surface area contributed by atoms with Gasteiger partial charge in [-0.2, -0.15) is 0 Å². The Kier molecular flexibility index (Phi) is 4.30. The van der Waals surface area contributed by atoms with E-state index in [1.807, 2.05) is 7.05 Å². The molecular formula is C14H20F2N2. The Labute approximate surface area is 107 Å². The molecule has 0 aliphatic heterocycles. The van der Waals surface area contributed by atoms with Crippen molar-refractivity contribution in [3.8, 4) is 0 Å². The number of nitrogens with zero attached hydrogens (tertiary/aromatic N) is 1. The summed E-state index contributed by atoms with van der Waals surface area (Å²) in [7, 11) is 2.02. The number of rotatable bonds is 4. The molecule has 1 unspecified atom stereocenters. The van der Waals surface area contributed by atoms with E-state index in [0.717, 1.165) is 18.4 Å². The second-order valence-corrected chi connectivity index (χ2v) is 5.03. The van der Waals surface area contributed by atoms with Crippen LogP contribution in [0.4, 0.5) is 8.78 Å². The summed E-state index contributed by atoms with van der Waals surface area (Å²) in [6.07, 6.45) is 4.81. The minimum Gasteiger partial charge on any atom is -0.329 e. The Morgan fingerprint density at radius 3 is 2.50 bits per heavy atom. The van der Waals surface area contributed by atoms with Crippen molar-refractivity contribution in [3.05, 3.63) is 35.4 Å². The Hall–Kier alpha value is -1.00. The van der Waals surface area contributed by atoms with Crippen LogP contribution in [0.3, 0.4) is 0 Å². The molecule has 100 valence electrons. The van der Waals surface area contributed by atoms with Crippen molar-refractivity contribution >= 4 is 0 Å². The number of nitrogens with two attached hydrogens (primary N) is 1. The van der Waals surface area contributed by atoms with Gasteiger partial charge in [-0.1, -0.05) is 18.9 Å². The highest BCUT2D eigenvalue weighted by molar-refractivity contribution is 5.22. The van der Waals surface area contributed by atoms with Gasteiger partial charge < -0.3 is 5.73 Å². The van der Waals surface area contributed by atoms with Gasteiger partial charge in [-0.25, -0.2) is 8.78 Å². The highest BCUT2D eigenvalue weighted by Crippen LogP contribution is 2.29. The summed E-state index contributed by atoms with van der Waals surface area (Å²) in [5.41, 5.74) is 6.56. The fraction of sp³-hybridized carbons (Fsp3) is 0.571. The van der Waals surface area contributed by atoms with E-state index >= 15 is 0 Å². The van der Waals surface area contributed by atoms with E-state index in [4.69, 9.17) is 5.73 Å². The van der Waals surface area contributed by atoms with Crippen LogP contribution in [0.25, 0.3) is 0 Å². The zero-order valence-corrected chi connectivity index (χ0v) is 10.7. The number of halogens is 2. The summed E-state index contributed by atoms with van der Waals surface area (Å²) in [5.74, 6) is -1.61. The Bertz CT molecular complexity index is 403. The SMILES string of the molecule is CN(C1CCCC1)C(CN)c1ccc(F)c(F)c1. The highest BCUT2D eigenvalue weighted by atomic mass is 19.2. The molecule has 4 heteroatoms. The molecule has 1 aliphatic rings. The van der Waals surface area contributed by atoms with E-state index in [2.05, 4.69) is 4.90 Å². The van der Waals surface area contributed by atoms with Crippen molar-refractivity contribution in [2.45, 2.75) is 37.8 Å². The Morgan fingerprint density at radius 2 is 1.94 bits per heavy atom. The van der Waals surface area contributed by atoms with Gasteiger partial charge in [0.1, 0.15) is 0 Å². The van der Waals surface area contributed by atoms with E-state index < -0.39 is 11.6 Å². The van der Waals surface area contributed by atoms with Crippen molar-refractivity contribution in [3.63, 3.8) is 0 Å². The molecule has 1 fully saturated rings. The molecule has 1 aromatic carbocycles. The van der Waals surface area contributed by atoms with Crippen LogP contribution in [0.5, 0.6) is 0 Å². The minimum absolute atomic E-state index is 0.0387. The van der Waals surface area contributed by atoms with Crippen molar-refractivity contribution in [1.29, 1.82) is 0 Å². The van der Waals surface area contributed by atoms with Crippen LogP contribution >= 0.6 is 0 Å². The predicted molar refractivity (Wildman–Crippen MR) is 68.2 cm³/mol. The van der Waals surface area contributed by atoms with E-state index in [0.29, 0.717) is 12.6 Å². The van der Waals surface area contributed by atoms with E-state index in [9.17, 15) is 8.78 Å². The molecule has 0 radical (unpaired) electrons. The number of hydrogen-bond donors (Lipinski definition) is 1. The normalized spacial score (nSPS) is 18.5. The van der Waals surface area contributed by atoms with Crippen molar-refractivity contribution < 1.29 is 8.78 Å². The second kappa shape index (κ2) is 5.76. The molecule has 1 aromatic rings. The molecule has 1 atom stereocenters. The summed E-state index contributed by atoms with van der Waals surface area (Å²) in [6, 6.07) is 4.53. The zero-order chi connectivity index (χ0) is 13.1. The lowest BCUT2D eigenvalue weighted by Gasteiger charge is -2.32. The van der Waals surface area contributed by atoms with Gasteiger partial charge in [0.15, 0.2) is 11.6 Å². The lowest BCUT2D eigenvalue weighted by Crippen LogP contribution is -2.37. The largest absolute Gasteiger partial charge is 0.329 e. The average Bonchev–Trinajstić information content (AvgIpc) is 2.88. The molecular weight excluding hydrogens is 234 g/mol. The van der Waals surface area contributed by atoms with Gasteiger partial charge in [-0.05, 0) is 37.6 Å².